The van der Waals surface area contributed by atoms with Crippen molar-refractivity contribution in [3.8, 4) is 6.07 Å². The smallest absolute Gasteiger partial charge is 0.303 e. The third-order valence-corrected chi connectivity index (χ3v) is 4.18. The second-order valence-electron chi connectivity index (χ2n) is 4.41. The highest BCUT2D eigenvalue weighted by Gasteiger charge is 2.06. The fraction of sp³-hybridized carbons (Fsp3) is 0. The Labute approximate surface area is 128 Å². The number of carbonyl (C=O) groups excluding carboxylic acids is 1. The number of nitrogens with zero attached hydrogens (tertiary/aromatic N) is 2. The summed E-state index contributed by atoms with van der Waals surface area (Å²) in [5.74, 6) is -1.09. The molecule has 0 amide bonds. The first-order valence-electron chi connectivity index (χ1n) is 6.29. The van der Waals surface area contributed by atoms with Crippen LogP contribution in [-0.2, 0) is 9.63 Å². The number of nitriles is 1. The molecule has 3 aromatic rings. The van der Waals surface area contributed by atoms with Crippen molar-refractivity contribution in [1.82, 2.24) is 0 Å². The second-order valence-corrected chi connectivity index (χ2v) is 5.49. The first kappa shape index (κ1) is 13.9. The van der Waals surface area contributed by atoms with E-state index in [2.05, 4.69) is 9.99 Å². The van der Waals surface area contributed by atoms with Crippen LogP contribution >= 0.6 is 11.3 Å². The van der Waals surface area contributed by atoms with E-state index in [-0.39, 0.29) is 5.43 Å². The largest absolute Gasteiger partial charge is 0.436 e. The molecule has 2 aromatic carbocycles. The minimum absolute atomic E-state index is 0.0476. The van der Waals surface area contributed by atoms with Crippen LogP contribution in [0.4, 0.5) is 0 Å². The molecule has 0 spiro atoms. The topological polar surface area (TPSA) is 79.5 Å². The predicted molar refractivity (Wildman–Crippen MR) is 84.9 cm³/mol. The molecule has 0 fully saturated rings. The van der Waals surface area contributed by atoms with Crippen LogP contribution in [0.15, 0.2) is 52.4 Å². The van der Waals surface area contributed by atoms with Gasteiger partial charge >= 0.3 is 5.97 Å². The van der Waals surface area contributed by atoms with Gasteiger partial charge in [-0.05, 0) is 29.8 Å². The minimum Gasteiger partial charge on any atom is -0.303 e. The maximum Gasteiger partial charge on any atom is 0.436 e. The Morgan fingerprint density at radius 1 is 1.18 bits per heavy atom. The molecule has 0 unspecified atom stereocenters. The van der Waals surface area contributed by atoms with Gasteiger partial charge in [0.15, 0.2) is 11.5 Å². The maximum absolute atomic E-state index is 12.5. The summed E-state index contributed by atoms with van der Waals surface area (Å²) in [7, 11) is 0. The molecule has 0 bridgehead atoms. The summed E-state index contributed by atoms with van der Waals surface area (Å²) in [6, 6.07) is 14.0. The van der Waals surface area contributed by atoms with Gasteiger partial charge in [0, 0.05) is 20.2 Å². The molecule has 106 valence electrons. The zero-order valence-corrected chi connectivity index (χ0v) is 12.0. The van der Waals surface area contributed by atoms with E-state index in [9.17, 15) is 9.59 Å². The molecule has 0 aliphatic rings. The van der Waals surface area contributed by atoms with E-state index in [4.69, 9.17) is 5.26 Å². The van der Waals surface area contributed by atoms with Gasteiger partial charge in [-0.25, -0.2) is 4.79 Å². The molecule has 0 N–H and O–H groups in total. The van der Waals surface area contributed by atoms with Gasteiger partial charge in [-0.1, -0.05) is 23.4 Å². The van der Waals surface area contributed by atoms with Crippen molar-refractivity contribution in [2.24, 2.45) is 5.16 Å². The number of oxime groups is 1. The van der Waals surface area contributed by atoms with Crippen molar-refractivity contribution in [3.05, 3.63) is 58.3 Å². The third kappa shape index (κ3) is 2.57. The molecule has 0 aliphatic carbocycles. The molecule has 1 heterocycles. The van der Waals surface area contributed by atoms with Crippen LogP contribution < -0.4 is 5.43 Å². The number of benzene rings is 2. The minimum atomic E-state index is -1.09. The lowest BCUT2D eigenvalue weighted by Gasteiger charge is -2.01. The van der Waals surface area contributed by atoms with Crippen LogP contribution in [0, 0.1) is 11.3 Å². The molecule has 0 saturated heterocycles. The lowest BCUT2D eigenvalue weighted by molar-refractivity contribution is -0.136. The van der Waals surface area contributed by atoms with Gasteiger partial charge in [0.25, 0.3) is 0 Å². The molecule has 0 aliphatic heterocycles. The number of carbonyl (C=O) groups is 1. The normalized spacial score (nSPS) is 10.9. The molecule has 0 saturated carbocycles. The van der Waals surface area contributed by atoms with Crippen molar-refractivity contribution < 1.29 is 9.63 Å². The summed E-state index contributed by atoms with van der Waals surface area (Å²) in [5, 5.41) is 12.9. The van der Waals surface area contributed by atoms with Crippen molar-refractivity contribution in [1.29, 1.82) is 5.26 Å². The van der Waals surface area contributed by atoms with E-state index in [1.165, 1.54) is 23.6 Å². The summed E-state index contributed by atoms with van der Waals surface area (Å²) >= 11 is 1.53. The summed E-state index contributed by atoms with van der Waals surface area (Å²) < 4.78 is 1.80. The van der Waals surface area contributed by atoms with Crippen LogP contribution in [0.25, 0.3) is 20.2 Å². The van der Waals surface area contributed by atoms with Crippen LogP contribution in [0.3, 0.4) is 0 Å². The standard InChI is InChI=1S/C16H8N2O3S/c17-8-15(19)21-18-9-10-5-6-14-12(7-10)16(20)11-3-1-2-4-13(11)22-14/h1-7,9H/b18-9+. The van der Waals surface area contributed by atoms with Crippen LogP contribution in [-0.4, -0.2) is 12.2 Å². The fourth-order valence-electron chi connectivity index (χ4n) is 2.06. The molecular formula is C16H8N2O3S. The lowest BCUT2D eigenvalue weighted by Crippen LogP contribution is -2.01. The Hall–Kier alpha value is -3.04. The lowest BCUT2D eigenvalue weighted by atomic mass is 10.1. The van der Waals surface area contributed by atoms with Gasteiger partial charge < -0.3 is 4.84 Å². The highest BCUT2D eigenvalue weighted by atomic mass is 32.1. The number of rotatable bonds is 2. The highest BCUT2D eigenvalue weighted by molar-refractivity contribution is 7.24. The van der Waals surface area contributed by atoms with Gasteiger partial charge in [-0.3, -0.25) is 4.79 Å². The first-order chi connectivity index (χ1) is 10.7. The quantitative estimate of drug-likeness (QED) is 0.240. The SMILES string of the molecule is N#CC(=O)O/N=C/c1ccc2sc3ccccc3c(=O)c2c1. The Balaban J connectivity index is 2.08. The summed E-state index contributed by atoms with van der Waals surface area (Å²) in [5.41, 5.74) is 0.562. The summed E-state index contributed by atoms with van der Waals surface area (Å²) in [4.78, 5) is 27.5. The van der Waals surface area contributed by atoms with Gasteiger partial charge in [0.05, 0.1) is 6.21 Å². The van der Waals surface area contributed by atoms with Crippen LogP contribution in [0.1, 0.15) is 5.56 Å². The Morgan fingerprint density at radius 2 is 1.95 bits per heavy atom. The average Bonchev–Trinajstić information content (AvgIpc) is 2.55. The predicted octanol–water partition coefficient (Wildman–Crippen LogP) is 2.82. The van der Waals surface area contributed by atoms with E-state index in [0.29, 0.717) is 16.3 Å². The monoisotopic (exact) mass is 308 g/mol. The number of hydrogen-bond acceptors (Lipinski definition) is 6. The third-order valence-electron chi connectivity index (χ3n) is 3.03. The summed E-state index contributed by atoms with van der Waals surface area (Å²) in [6.07, 6.45) is 1.29. The molecule has 0 atom stereocenters. The highest BCUT2D eigenvalue weighted by Crippen LogP contribution is 2.24. The van der Waals surface area contributed by atoms with Gasteiger partial charge in [0.2, 0.25) is 0 Å². The number of hydrogen-bond donors (Lipinski definition) is 0. The van der Waals surface area contributed by atoms with Crippen molar-refractivity contribution in [2.75, 3.05) is 0 Å². The van der Waals surface area contributed by atoms with Crippen LogP contribution in [0.2, 0.25) is 0 Å². The molecular weight excluding hydrogens is 300 g/mol. The van der Waals surface area contributed by atoms with E-state index in [1.807, 2.05) is 24.3 Å². The van der Waals surface area contributed by atoms with Gasteiger partial charge in [-0.2, -0.15) is 5.26 Å². The fourth-order valence-corrected chi connectivity index (χ4v) is 3.11. The molecule has 6 heteroatoms. The zero-order valence-electron chi connectivity index (χ0n) is 11.1. The Kier molecular flexibility index (Phi) is 3.64. The van der Waals surface area contributed by atoms with Crippen molar-refractivity contribution >= 4 is 43.7 Å². The van der Waals surface area contributed by atoms with E-state index >= 15 is 0 Å². The van der Waals surface area contributed by atoms with Gasteiger partial charge in [-0.15, -0.1) is 11.3 Å². The molecule has 0 radical (unpaired) electrons. The second kappa shape index (κ2) is 5.76. The molecule has 1 aromatic heterocycles. The average molecular weight is 308 g/mol. The first-order valence-corrected chi connectivity index (χ1v) is 7.11. The molecule has 3 rings (SSSR count). The van der Waals surface area contributed by atoms with E-state index in [1.54, 1.807) is 18.2 Å². The zero-order chi connectivity index (χ0) is 15.5. The van der Waals surface area contributed by atoms with Crippen molar-refractivity contribution in [2.45, 2.75) is 0 Å². The van der Waals surface area contributed by atoms with E-state index < -0.39 is 5.97 Å². The molecule has 22 heavy (non-hydrogen) atoms. The number of fused-ring (bicyclic) bond motifs is 2. The summed E-state index contributed by atoms with van der Waals surface area (Å²) in [6.45, 7) is 0. The van der Waals surface area contributed by atoms with Gasteiger partial charge in [0.1, 0.15) is 0 Å². The Morgan fingerprint density at radius 3 is 2.77 bits per heavy atom. The maximum atomic E-state index is 12.5. The van der Waals surface area contributed by atoms with E-state index in [0.717, 1.165) is 9.40 Å². The van der Waals surface area contributed by atoms with Crippen molar-refractivity contribution in [3.63, 3.8) is 0 Å². The Bertz CT molecular complexity index is 1020. The van der Waals surface area contributed by atoms with Crippen LogP contribution in [0.5, 0.6) is 0 Å². The molecule has 5 nitrogen and oxygen atoms in total.